The predicted molar refractivity (Wildman–Crippen MR) is 53.2 cm³/mol. The number of rotatable bonds is 2. The number of hydrogen-bond donors (Lipinski definition) is 0. The Bertz CT molecular complexity index is 156. The van der Waals surface area contributed by atoms with Crippen molar-refractivity contribution in [2.24, 2.45) is 0 Å². The molecule has 68 valence electrons. The normalized spacial score (nSPS) is 22.7. The van der Waals surface area contributed by atoms with Crippen molar-refractivity contribution in [1.29, 1.82) is 5.26 Å². The molecule has 0 amide bonds. The van der Waals surface area contributed by atoms with Crippen molar-refractivity contribution >= 4 is 11.8 Å². The molecule has 1 fully saturated rings. The van der Waals surface area contributed by atoms with Crippen molar-refractivity contribution < 1.29 is 0 Å². The molecule has 1 rings (SSSR count). The molecule has 0 saturated carbocycles. The van der Waals surface area contributed by atoms with Gasteiger partial charge < -0.3 is 0 Å². The Morgan fingerprint density at radius 2 is 2.33 bits per heavy atom. The van der Waals surface area contributed by atoms with E-state index in [1.807, 2.05) is 11.8 Å². The van der Waals surface area contributed by atoms with E-state index in [-0.39, 0.29) is 0 Å². The molecule has 1 atom stereocenters. The van der Waals surface area contributed by atoms with Crippen LogP contribution in [0.4, 0.5) is 0 Å². The van der Waals surface area contributed by atoms with Gasteiger partial charge in [0.1, 0.15) is 0 Å². The van der Waals surface area contributed by atoms with E-state index in [0.29, 0.717) is 12.5 Å². The summed E-state index contributed by atoms with van der Waals surface area (Å²) in [6, 6.07) is 2.69. The van der Waals surface area contributed by atoms with Crippen LogP contribution >= 0.6 is 11.8 Å². The van der Waals surface area contributed by atoms with Gasteiger partial charge in [-0.25, -0.2) is 0 Å². The lowest BCUT2D eigenvalue weighted by atomic mass is 10.2. The molecule has 0 aromatic rings. The second-order valence-electron chi connectivity index (χ2n) is 3.21. The molecule has 1 aliphatic heterocycles. The van der Waals surface area contributed by atoms with Crippen LogP contribution in [-0.4, -0.2) is 35.5 Å². The van der Waals surface area contributed by atoms with Gasteiger partial charge in [0.15, 0.2) is 0 Å². The lowest BCUT2D eigenvalue weighted by Crippen LogP contribution is -2.34. The second kappa shape index (κ2) is 5.45. The van der Waals surface area contributed by atoms with Crippen molar-refractivity contribution in [2.45, 2.75) is 25.8 Å². The molecular formula is C9H16N2S. The maximum absolute atomic E-state index is 8.56. The lowest BCUT2D eigenvalue weighted by Gasteiger charge is -2.25. The van der Waals surface area contributed by atoms with E-state index < -0.39 is 0 Å². The Balaban J connectivity index is 2.33. The quantitative estimate of drug-likeness (QED) is 0.654. The van der Waals surface area contributed by atoms with Crippen LogP contribution in [0.1, 0.15) is 19.8 Å². The third-order valence-corrected chi connectivity index (χ3v) is 3.32. The van der Waals surface area contributed by atoms with Gasteiger partial charge in [-0.1, -0.05) is 0 Å². The summed E-state index contributed by atoms with van der Waals surface area (Å²) in [5.41, 5.74) is 0. The highest BCUT2D eigenvalue weighted by molar-refractivity contribution is 7.99. The first-order valence-corrected chi connectivity index (χ1v) is 5.69. The van der Waals surface area contributed by atoms with Crippen molar-refractivity contribution in [3.8, 4) is 6.07 Å². The Hall–Kier alpha value is -0.200. The van der Waals surface area contributed by atoms with Crippen molar-refractivity contribution in [1.82, 2.24) is 4.90 Å². The molecular weight excluding hydrogens is 168 g/mol. The second-order valence-corrected chi connectivity index (χ2v) is 4.44. The van der Waals surface area contributed by atoms with Crippen molar-refractivity contribution in [2.75, 3.05) is 24.6 Å². The Morgan fingerprint density at radius 1 is 1.50 bits per heavy atom. The smallest absolute Gasteiger partial charge is 0.0638 e. The zero-order valence-electron chi connectivity index (χ0n) is 7.62. The van der Waals surface area contributed by atoms with Crippen molar-refractivity contribution in [3.05, 3.63) is 0 Å². The summed E-state index contributed by atoms with van der Waals surface area (Å²) in [6.45, 7) is 4.49. The molecule has 1 aliphatic rings. The van der Waals surface area contributed by atoms with E-state index >= 15 is 0 Å². The van der Waals surface area contributed by atoms with Crippen LogP contribution in [0.5, 0.6) is 0 Å². The van der Waals surface area contributed by atoms with E-state index in [1.165, 1.54) is 24.5 Å². The van der Waals surface area contributed by atoms with Crippen molar-refractivity contribution in [3.63, 3.8) is 0 Å². The molecule has 0 aromatic carbocycles. The van der Waals surface area contributed by atoms with Gasteiger partial charge in [0, 0.05) is 18.3 Å². The fraction of sp³-hybridized carbons (Fsp3) is 0.889. The third-order valence-electron chi connectivity index (χ3n) is 2.27. The molecule has 0 radical (unpaired) electrons. The number of hydrogen-bond acceptors (Lipinski definition) is 3. The Labute approximate surface area is 78.9 Å². The first kappa shape index (κ1) is 9.88. The highest BCUT2D eigenvalue weighted by Crippen LogP contribution is 2.13. The van der Waals surface area contributed by atoms with Gasteiger partial charge in [-0.05, 0) is 25.6 Å². The van der Waals surface area contributed by atoms with Crippen LogP contribution in [0.15, 0.2) is 0 Å². The van der Waals surface area contributed by atoms with Gasteiger partial charge in [-0.2, -0.15) is 17.0 Å². The number of thioether (sulfide) groups is 1. The summed E-state index contributed by atoms with van der Waals surface area (Å²) >= 11 is 2.03. The number of nitrogens with zero attached hydrogens (tertiary/aromatic N) is 2. The van der Waals surface area contributed by atoms with E-state index in [1.54, 1.807) is 0 Å². The average Bonchev–Trinajstić information content (AvgIpc) is 2.32. The van der Waals surface area contributed by atoms with Gasteiger partial charge in [0.2, 0.25) is 0 Å². The van der Waals surface area contributed by atoms with Crippen LogP contribution in [-0.2, 0) is 0 Å². The molecule has 1 heterocycles. The molecule has 0 aliphatic carbocycles. The minimum absolute atomic E-state index is 0.452. The highest BCUT2D eigenvalue weighted by Gasteiger charge is 2.14. The van der Waals surface area contributed by atoms with Gasteiger partial charge in [-0.15, -0.1) is 0 Å². The summed E-state index contributed by atoms with van der Waals surface area (Å²) in [6.07, 6.45) is 1.95. The minimum Gasteiger partial charge on any atom is -0.299 e. The summed E-state index contributed by atoms with van der Waals surface area (Å²) < 4.78 is 0. The fourth-order valence-corrected chi connectivity index (χ4v) is 2.37. The zero-order chi connectivity index (χ0) is 8.81. The van der Waals surface area contributed by atoms with Gasteiger partial charge in [-0.3, -0.25) is 4.90 Å². The van der Waals surface area contributed by atoms with Crippen LogP contribution in [0, 0.1) is 11.3 Å². The Morgan fingerprint density at radius 3 is 3.08 bits per heavy atom. The predicted octanol–water partition coefficient (Wildman–Crippen LogP) is 1.73. The summed E-state index contributed by atoms with van der Waals surface area (Å²) in [7, 11) is 0. The molecule has 12 heavy (non-hydrogen) atoms. The molecule has 1 unspecified atom stereocenters. The van der Waals surface area contributed by atoms with E-state index in [9.17, 15) is 0 Å². The summed E-state index contributed by atoms with van der Waals surface area (Å²) in [5, 5.41) is 8.56. The minimum atomic E-state index is 0.452. The van der Waals surface area contributed by atoms with Gasteiger partial charge in [0.25, 0.3) is 0 Å². The maximum atomic E-state index is 8.56. The topological polar surface area (TPSA) is 27.0 Å². The highest BCUT2D eigenvalue weighted by atomic mass is 32.2. The summed E-state index contributed by atoms with van der Waals surface area (Å²) in [4.78, 5) is 2.43. The molecule has 0 bridgehead atoms. The largest absolute Gasteiger partial charge is 0.299 e. The molecule has 0 spiro atoms. The first-order chi connectivity index (χ1) is 5.84. The molecule has 0 aromatic heterocycles. The summed E-state index contributed by atoms with van der Waals surface area (Å²) in [5.74, 6) is 2.52. The molecule has 1 saturated heterocycles. The molecule has 2 nitrogen and oxygen atoms in total. The van der Waals surface area contributed by atoms with Gasteiger partial charge >= 0.3 is 0 Å². The Kier molecular flexibility index (Phi) is 4.49. The molecule has 0 N–H and O–H groups in total. The average molecular weight is 184 g/mol. The van der Waals surface area contributed by atoms with Crippen LogP contribution < -0.4 is 0 Å². The number of nitriles is 1. The monoisotopic (exact) mass is 184 g/mol. The SMILES string of the molecule is CC(CC#N)N1CCCSCC1. The lowest BCUT2D eigenvalue weighted by molar-refractivity contribution is 0.228. The fourth-order valence-electron chi connectivity index (χ4n) is 1.47. The maximum Gasteiger partial charge on any atom is 0.0638 e. The zero-order valence-corrected chi connectivity index (χ0v) is 8.44. The van der Waals surface area contributed by atoms with Crippen LogP contribution in [0.25, 0.3) is 0 Å². The van der Waals surface area contributed by atoms with Crippen LogP contribution in [0.3, 0.4) is 0 Å². The van der Waals surface area contributed by atoms with Gasteiger partial charge in [0.05, 0.1) is 12.5 Å². The first-order valence-electron chi connectivity index (χ1n) is 4.53. The standard InChI is InChI=1S/C9H16N2S/c1-9(3-4-10)11-5-2-7-12-8-6-11/h9H,2-3,5-8H2,1H3. The van der Waals surface area contributed by atoms with E-state index in [4.69, 9.17) is 5.26 Å². The van der Waals surface area contributed by atoms with E-state index in [2.05, 4.69) is 17.9 Å². The molecule has 3 heteroatoms. The van der Waals surface area contributed by atoms with Crippen LogP contribution in [0.2, 0.25) is 0 Å². The van der Waals surface area contributed by atoms with E-state index in [0.717, 1.165) is 6.54 Å². The third kappa shape index (κ3) is 3.04.